The van der Waals surface area contributed by atoms with Crippen molar-refractivity contribution in [2.45, 2.75) is 0 Å². The molecule has 0 aromatic carbocycles. The molecule has 0 rings (SSSR count). The summed E-state index contributed by atoms with van der Waals surface area (Å²) in [5, 5.41) is 0. The molecule has 0 atom stereocenters. The van der Waals surface area contributed by atoms with Crippen LogP contribution in [0.5, 0.6) is 0 Å². The zero-order valence-corrected chi connectivity index (χ0v) is 7.03. The minimum absolute atomic E-state index is 0. The van der Waals surface area contributed by atoms with Crippen molar-refractivity contribution in [3.8, 4) is 0 Å². The monoisotopic (exact) mass is 268 g/mol. The van der Waals surface area contributed by atoms with Crippen LogP contribution in [0.2, 0.25) is 0 Å². The molecule has 0 heterocycles. The van der Waals surface area contributed by atoms with Crippen molar-refractivity contribution in [3.05, 3.63) is 0 Å². The average Bonchev–Trinajstić information content (AvgIpc) is 0.811. The Balaban J connectivity index is -0.000000001000. The van der Waals surface area contributed by atoms with Crippen LogP contribution in [0.15, 0.2) is 0 Å². The van der Waals surface area contributed by atoms with Gasteiger partial charge in [0.05, 0.1) is 0 Å². The second-order valence-corrected chi connectivity index (χ2v) is 0.692. The quantitative estimate of drug-likeness (QED) is 0.319. The van der Waals surface area contributed by atoms with Crippen LogP contribution < -0.4 is 0 Å². The van der Waals surface area contributed by atoms with E-state index in [0.29, 0.717) is 0 Å². The molecule has 0 radical (unpaired) electrons. The maximum absolute atomic E-state index is 8.67. The van der Waals surface area contributed by atoms with Crippen LogP contribution in [-0.4, -0.2) is 92.2 Å². The Morgan fingerprint density at radius 2 is 0.571 bits per heavy atom. The van der Waals surface area contributed by atoms with Crippen molar-refractivity contribution in [3.63, 3.8) is 0 Å². The topological polar surface area (TPSA) is 341 Å². The molecule has 14 heavy (non-hydrogen) atoms. The van der Waals surface area contributed by atoms with E-state index in [9.17, 15) is 0 Å². The molecule has 0 aliphatic rings. The number of rotatable bonds is 0. The second-order valence-electron chi connectivity index (χ2n) is 0.231. The predicted molar refractivity (Wildman–Crippen MR) is 53.1 cm³/mol. The molecule has 0 amide bonds. The summed E-state index contributed by atoms with van der Waals surface area (Å²) in [6.07, 6.45) is 0. The van der Waals surface area contributed by atoms with Crippen molar-refractivity contribution < 1.29 is 62.6 Å². The Hall–Kier alpha value is 0.710. The summed E-state index contributed by atoms with van der Waals surface area (Å²) < 4.78 is 22.8. The molecular weight excluding hydrogens is 247 g/mol. The fourth-order valence-electron chi connectivity index (χ4n) is 0. The number of hydrogen-bond acceptors (Lipinski definition) is 1. The Kier molecular flexibility index (Phi) is 2310. The zero-order valence-electron chi connectivity index (χ0n) is 6.21. The van der Waals surface area contributed by atoms with Crippen molar-refractivity contribution in [2.75, 3.05) is 0 Å². The van der Waals surface area contributed by atoms with Crippen LogP contribution in [0.1, 0.15) is 0 Å². The molecule has 0 bridgehead atoms. The second kappa shape index (κ2) is 161. The third kappa shape index (κ3) is 3460. The summed E-state index contributed by atoms with van der Waals surface area (Å²) in [4.78, 5) is 0. The first-order valence-corrected chi connectivity index (χ1v) is 1.60. The summed E-state index contributed by atoms with van der Waals surface area (Å²) in [6, 6.07) is 0. The molecule has 12 nitrogen and oxygen atoms in total. The minimum atomic E-state index is -2.61. The Morgan fingerprint density at radius 1 is 0.571 bits per heavy atom. The van der Waals surface area contributed by atoms with Gasteiger partial charge in [0.2, 0.25) is 0 Å². The van der Waals surface area contributed by atoms with E-state index >= 15 is 0 Å². The van der Waals surface area contributed by atoms with Crippen molar-refractivity contribution >= 4 is 40.9 Å². The van der Waals surface area contributed by atoms with Crippen LogP contribution in [0.25, 0.3) is 0 Å². The van der Waals surface area contributed by atoms with Gasteiger partial charge in [0.25, 0.3) is 11.4 Å². The van der Waals surface area contributed by atoms with Crippen molar-refractivity contribution in [1.29, 1.82) is 0 Å². The standard InChI is InChI=1S/Na.H2O3S.9H2O.H/c;1-4(2)3;;;;;;;;;;/h;(H2,1,2,3);9*1H2;. The molecule has 0 spiro atoms. The molecule has 0 aromatic heterocycles. The summed E-state index contributed by atoms with van der Waals surface area (Å²) in [5.41, 5.74) is 0. The van der Waals surface area contributed by atoms with E-state index < -0.39 is 11.4 Å². The normalized spacial score (nSPS) is 2.50. The Bertz CT molecular complexity index is 33.3. The van der Waals surface area contributed by atoms with Crippen LogP contribution in [-0.2, 0) is 11.4 Å². The summed E-state index contributed by atoms with van der Waals surface area (Å²) >= 11 is -2.61. The molecule has 0 aromatic rings. The van der Waals surface area contributed by atoms with Gasteiger partial charge in [0.1, 0.15) is 0 Å². The molecule has 100 valence electrons. The third-order valence-corrected chi connectivity index (χ3v) is 0. The van der Waals surface area contributed by atoms with E-state index in [1.165, 1.54) is 0 Å². The Morgan fingerprint density at radius 3 is 0.571 bits per heavy atom. The van der Waals surface area contributed by atoms with Gasteiger partial charge < -0.3 is 49.3 Å². The fourth-order valence-corrected chi connectivity index (χ4v) is 0. The SMILES string of the molecule is O.O.O.O.O.O.O.O.O.O=S(O)O.[NaH]. The van der Waals surface area contributed by atoms with Gasteiger partial charge in [-0.3, -0.25) is 9.11 Å². The van der Waals surface area contributed by atoms with E-state index in [1.54, 1.807) is 0 Å². The van der Waals surface area contributed by atoms with E-state index in [1.807, 2.05) is 0 Å². The van der Waals surface area contributed by atoms with E-state index in [4.69, 9.17) is 13.3 Å². The molecule has 0 saturated heterocycles. The van der Waals surface area contributed by atoms with Crippen LogP contribution >= 0.6 is 0 Å². The first-order valence-electron chi connectivity index (χ1n) is 0.532. The summed E-state index contributed by atoms with van der Waals surface area (Å²) in [5.74, 6) is 0. The average molecular weight is 268 g/mol. The first-order chi connectivity index (χ1) is 1.73. The molecular formula is H21NaO12S. The third-order valence-electron chi connectivity index (χ3n) is 0. The molecule has 0 saturated carbocycles. The summed E-state index contributed by atoms with van der Waals surface area (Å²) in [6.45, 7) is 0. The molecule has 0 aliphatic heterocycles. The van der Waals surface area contributed by atoms with Gasteiger partial charge in [-0.25, -0.2) is 0 Å². The fraction of sp³-hybridized carbons (Fsp3) is 0. The summed E-state index contributed by atoms with van der Waals surface area (Å²) in [7, 11) is 0. The Labute approximate surface area is 103 Å². The van der Waals surface area contributed by atoms with Crippen LogP contribution in [0.3, 0.4) is 0 Å². The molecule has 0 aliphatic carbocycles. The maximum atomic E-state index is 8.67. The molecule has 0 fully saturated rings. The van der Waals surface area contributed by atoms with Crippen LogP contribution in [0, 0.1) is 0 Å². The van der Waals surface area contributed by atoms with Crippen LogP contribution in [0.4, 0.5) is 0 Å². The molecule has 20 N–H and O–H groups in total. The van der Waals surface area contributed by atoms with Gasteiger partial charge in [0.15, 0.2) is 0 Å². The van der Waals surface area contributed by atoms with E-state index in [-0.39, 0.29) is 78.8 Å². The van der Waals surface area contributed by atoms with Gasteiger partial charge in [-0.2, -0.15) is 4.21 Å². The van der Waals surface area contributed by atoms with Crippen molar-refractivity contribution in [2.24, 2.45) is 0 Å². The van der Waals surface area contributed by atoms with Gasteiger partial charge in [-0.1, -0.05) is 0 Å². The molecule has 0 unspecified atom stereocenters. The van der Waals surface area contributed by atoms with Gasteiger partial charge >= 0.3 is 29.6 Å². The van der Waals surface area contributed by atoms with Gasteiger partial charge in [-0.15, -0.1) is 0 Å². The van der Waals surface area contributed by atoms with Crippen molar-refractivity contribution in [1.82, 2.24) is 0 Å². The van der Waals surface area contributed by atoms with E-state index in [0.717, 1.165) is 0 Å². The molecule has 14 heteroatoms. The number of hydrogen-bond donors (Lipinski definition) is 2. The predicted octanol–water partition coefficient (Wildman–Crippen LogP) is -8.39. The first kappa shape index (κ1) is 201. The van der Waals surface area contributed by atoms with E-state index in [2.05, 4.69) is 0 Å². The van der Waals surface area contributed by atoms with Gasteiger partial charge in [-0.05, 0) is 0 Å². The zero-order chi connectivity index (χ0) is 3.58. The van der Waals surface area contributed by atoms with Gasteiger partial charge in [0, 0.05) is 0 Å².